The van der Waals surface area contributed by atoms with Crippen molar-refractivity contribution >= 4 is 5.91 Å². The molecule has 0 N–H and O–H groups in total. The first-order valence-corrected chi connectivity index (χ1v) is 4.48. The van der Waals surface area contributed by atoms with Gasteiger partial charge in [-0.05, 0) is 19.3 Å². The second kappa shape index (κ2) is 4.10. The van der Waals surface area contributed by atoms with Crippen molar-refractivity contribution in [1.29, 1.82) is 5.26 Å². The first kappa shape index (κ1) is 9.05. The Hall–Kier alpha value is -1.04. The third-order valence-electron chi connectivity index (χ3n) is 2.28. The molecule has 1 fully saturated rings. The maximum absolute atomic E-state index is 11.5. The van der Waals surface area contributed by atoms with Gasteiger partial charge in [0.05, 0.1) is 6.07 Å². The Kier molecular flexibility index (Phi) is 3.09. The minimum Gasteiger partial charge on any atom is -0.342 e. The molecule has 0 bridgehead atoms. The van der Waals surface area contributed by atoms with E-state index < -0.39 is 5.92 Å². The van der Waals surface area contributed by atoms with Crippen LogP contribution in [-0.2, 0) is 4.79 Å². The highest BCUT2D eigenvalue weighted by molar-refractivity contribution is 5.81. The molecule has 0 aromatic heterocycles. The van der Waals surface area contributed by atoms with Crippen molar-refractivity contribution in [1.82, 2.24) is 4.90 Å². The Morgan fingerprint density at radius 2 is 2.17 bits per heavy atom. The predicted molar refractivity (Wildman–Crippen MR) is 45.2 cm³/mol. The van der Waals surface area contributed by atoms with Crippen molar-refractivity contribution in [2.45, 2.75) is 26.2 Å². The van der Waals surface area contributed by atoms with E-state index in [4.69, 9.17) is 5.26 Å². The average Bonchev–Trinajstić information content (AvgIpc) is 2.58. The lowest BCUT2D eigenvalue weighted by Gasteiger charge is -2.17. The number of carbonyl (C=O) groups is 1. The first-order chi connectivity index (χ1) is 5.79. The van der Waals surface area contributed by atoms with E-state index in [2.05, 4.69) is 0 Å². The summed E-state index contributed by atoms with van der Waals surface area (Å²) in [6, 6.07) is 2.04. The van der Waals surface area contributed by atoms with Gasteiger partial charge in [-0.25, -0.2) is 0 Å². The summed E-state index contributed by atoms with van der Waals surface area (Å²) in [6.07, 6.45) is 2.81. The van der Waals surface area contributed by atoms with E-state index in [0.717, 1.165) is 25.9 Å². The number of hydrogen-bond acceptors (Lipinski definition) is 2. The number of hydrogen-bond donors (Lipinski definition) is 0. The van der Waals surface area contributed by atoms with E-state index in [-0.39, 0.29) is 5.91 Å². The maximum Gasteiger partial charge on any atom is 0.239 e. The Balaban J connectivity index is 2.51. The highest BCUT2D eigenvalue weighted by Gasteiger charge is 2.24. The van der Waals surface area contributed by atoms with Crippen LogP contribution in [0.3, 0.4) is 0 Å². The molecule has 1 heterocycles. The van der Waals surface area contributed by atoms with Gasteiger partial charge in [0.25, 0.3) is 0 Å². The summed E-state index contributed by atoms with van der Waals surface area (Å²) >= 11 is 0. The van der Waals surface area contributed by atoms with Gasteiger partial charge < -0.3 is 4.90 Å². The highest BCUT2D eigenvalue weighted by Crippen LogP contribution is 2.13. The zero-order valence-corrected chi connectivity index (χ0v) is 7.42. The molecule has 66 valence electrons. The number of carbonyl (C=O) groups excluding carboxylic acids is 1. The molecule has 1 amide bonds. The van der Waals surface area contributed by atoms with Crippen molar-refractivity contribution in [3.8, 4) is 6.07 Å². The molecule has 0 aliphatic carbocycles. The van der Waals surface area contributed by atoms with Gasteiger partial charge in [-0.2, -0.15) is 5.26 Å². The monoisotopic (exact) mass is 166 g/mol. The summed E-state index contributed by atoms with van der Waals surface area (Å²) in [6.45, 7) is 3.57. The van der Waals surface area contributed by atoms with Crippen LogP contribution >= 0.6 is 0 Å². The highest BCUT2D eigenvalue weighted by atomic mass is 16.2. The number of amides is 1. The van der Waals surface area contributed by atoms with Crippen LogP contribution in [-0.4, -0.2) is 23.9 Å². The van der Waals surface area contributed by atoms with Crippen molar-refractivity contribution in [2.24, 2.45) is 5.92 Å². The van der Waals surface area contributed by atoms with Crippen LogP contribution in [0.1, 0.15) is 26.2 Å². The largest absolute Gasteiger partial charge is 0.342 e. The number of rotatable bonds is 2. The second-order valence-corrected chi connectivity index (χ2v) is 3.12. The lowest BCUT2D eigenvalue weighted by atomic mass is 10.1. The molecule has 1 saturated heterocycles. The summed E-state index contributed by atoms with van der Waals surface area (Å²) in [7, 11) is 0. The number of nitrogens with zero attached hydrogens (tertiary/aromatic N) is 2. The van der Waals surface area contributed by atoms with Crippen molar-refractivity contribution in [3.63, 3.8) is 0 Å². The minimum absolute atomic E-state index is 0.0255. The molecule has 0 aromatic carbocycles. The zero-order valence-electron chi connectivity index (χ0n) is 7.42. The van der Waals surface area contributed by atoms with Crippen LogP contribution < -0.4 is 0 Å². The van der Waals surface area contributed by atoms with Crippen LogP contribution in [0.2, 0.25) is 0 Å². The standard InChI is InChI=1S/C9H14N2O/c1-2-8(7-10)9(12)11-5-3-4-6-11/h8H,2-6H2,1H3. The van der Waals surface area contributed by atoms with Crippen LogP contribution in [0.25, 0.3) is 0 Å². The average molecular weight is 166 g/mol. The Morgan fingerprint density at radius 3 is 2.58 bits per heavy atom. The van der Waals surface area contributed by atoms with Crippen molar-refractivity contribution in [2.75, 3.05) is 13.1 Å². The van der Waals surface area contributed by atoms with Crippen LogP contribution in [0, 0.1) is 17.2 Å². The zero-order chi connectivity index (χ0) is 8.97. The summed E-state index contributed by atoms with van der Waals surface area (Å²) in [4.78, 5) is 13.3. The molecule has 1 rings (SSSR count). The van der Waals surface area contributed by atoms with Gasteiger partial charge in [0.2, 0.25) is 5.91 Å². The van der Waals surface area contributed by atoms with E-state index >= 15 is 0 Å². The molecular weight excluding hydrogens is 152 g/mol. The Morgan fingerprint density at radius 1 is 1.58 bits per heavy atom. The topological polar surface area (TPSA) is 44.1 Å². The minimum atomic E-state index is -0.414. The molecule has 0 radical (unpaired) electrons. The number of nitriles is 1. The van der Waals surface area contributed by atoms with Gasteiger partial charge in [0, 0.05) is 13.1 Å². The number of likely N-dealkylation sites (tertiary alicyclic amines) is 1. The van der Waals surface area contributed by atoms with Crippen molar-refractivity contribution < 1.29 is 4.79 Å². The molecule has 1 atom stereocenters. The SMILES string of the molecule is CCC(C#N)C(=O)N1CCCC1. The third-order valence-corrected chi connectivity index (χ3v) is 2.28. The van der Waals surface area contributed by atoms with E-state index in [0.29, 0.717) is 6.42 Å². The fraction of sp³-hybridized carbons (Fsp3) is 0.778. The molecule has 1 aliphatic rings. The molecule has 1 aliphatic heterocycles. The van der Waals surface area contributed by atoms with E-state index in [9.17, 15) is 4.79 Å². The molecule has 3 heteroatoms. The Bertz CT molecular complexity index is 201. The quantitative estimate of drug-likeness (QED) is 0.617. The second-order valence-electron chi connectivity index (χ2n) is 3.12. The summed E-state index contributed by atoms with van der Waals surface area (Å²) < 4.78 is 0. The fourth-order valence-corrected chi connectivity index (χ4v) is 1.48. The molecule has 3 nitrogen and oxygen atoms in total. The molecule has 0 spiro atoms. The van der Waals surface area contributed by atoms with Gasteiger partial charge >= 0.3 is 0 Å². The molecule has 0 saturated carbocycles. The fourth-order valence-electron chi connectivity index (χ4n) is 1.48. The van der Waals surface area contributed by atoms with Gasteiger partial charge in [0.1, 0.15) is 5.92 Å². The maximum atomic E-state index is 11.5. The van der Waals surface area contributed by atoms with E-state index in [1.807, 2.05) is 13.0 Å². The smallest absolute Gasteiger partial charge is 0.239 e. The molecule has 12 heavy (non-hydrogen) atoms. The van der Waals surface area contributed by atoms with E-state index in [1.54, 1.807) is 4.90 Å². The Labute approximate surface area is 73.0 Å². The predicted octanol–water partition coefficient (Wildman–Crippen LogP) is 1.16. The molecule has 1 unspecified atom stereocenters. The molecular formula is C9H14N2O. The van der Waals surface area contributed by atoms with E-state index in [1.165, 1.54) is 0 Å². The third kappa shape index (κ3) is 1.76. The van der Waals surface area contributed by atoms with Gasteiger partial charge in [-0.3, -0.25) is 4.79 Å². The van der Waals surface area contributed by atoms with Gasteiger partial charge in [0.15, 0.2) is 0 Å². The summed E-state index contributed by atoms with van der Waals surface area (Å²) in [5, 5.41) is 8.66. The van der Waals surface area contributed by atoms with Gasteiger partial charge in [-0.15, -0.1) is 0 Å². The summed E-state index contributed by atoms with van der Waals surface area (Å²) in [5.74, 6) is -0.388. The summed E-state index contributed by atoms with van der Waals surface area (Å²) in [5.41, 5.74) is 0. The van der Waals surface area contributed by atoms with Crippen LogP contribution in [0.5, 0.6) is 0 Å². The first-order valence-electron chi connectivity index (χ1n) is 4.48. The lowest BCUT2D eigenvalue weighted by Crippen LogP contribution is -2.32. The van der Waals surface area contributed by atoms with Gasteiger partial charge in [-0.1, -0.05) is 6.92 Å². The van der Waals surface area contributed by atoms with Crippen LogP contribution in [0.4, 0.5) is 0 Å². The normalized spacial score (nSPS) is 18.8. The lowest BCUT2D eigenvalue weighted by molar-refractivity contribution is -0.132. The van der Waals surface area contributed by atoms with Crippen molar-refractivity contribution in [3.05, 3.63) is 0 Å². The van der Waals surface area contributed by atoms with Crippen LogP contribution in [0.15, 0.2) is 0 Å². The molecule has 0 aromatic rings.